The van der Waals surface area contributed by atoms with E-state index in [1.165, 1.54) is 6.07 Å². The van der Waals surface area contributed by atoms with Crippen LogP contribution in [0.1, 0.15) is 18.5 Å². The molecule has 0 spiro atoms. The normalized spacial score (nSPS) is 12.3. The highest BCUT2D eigenvalue weighted by Crippen LogP contribution is 2.37. The third-order valence-electron chi connectivity index (χ3n) is 2.85. The fourth-order valence-corrected chi connectivity index (χ4v) is 2.96. The Kier molecular flexibility index (Phi) is 5.35. The van der Waals surface area contributed by atoms with Gasteiger partial charge in [-0.2, -0.15) is 0 Å². The van der Waals surface area contributed by atoms with Gasteiger partial charge in [0.25, 0.3) is 0 Å². The van der Waals surface area contributed by atoms with E-state index in [-0.39, 0.29) is 11.9 Å². The zero-order valence-corrected chi connectivity index (χ0v) is 15.0. The molecule has 0 amide bonds. The highest BCUT2D eigenvalue weighted by molar-refractivity contribution is 9.10. The molecule has 0 heterocycles. The Morgan fingerprint density at radius 2 is 1.75 bits per heavy atom. The lowest BCUT2D eigenvalue weighted by molar-refractivity contribution is 0.619. The summed E-state index contributed by atoms with van der Waals surface area (Å²) >= 11 is 18.8. The summed E-state index contributed by atoms with van der Waals surface area (Å²) in [5, 5.41) is 4.18. The first-order chi connectivity index (χ1) is 9.40. The van der Waals surface area contributed by atoms with E-state index in [1.807, 2.05) is 19.1 Å². The molecule has 1 unspecified atom stereocenters. The lowest BCUT2D eigenvalue weighted by atomic mass is 10.1. The van der Waals surface area contributed by atoms with Gasteiger partial charge in [0.05, 0.1) is 20.2 Å². The van der Waals surface area contributed by atoms with Gasteiger partial charge in [0.1, 0.15) is 5.82 Å². The summed E-state index contributed by atoms with van der Waals surface area (Å²) in [5.74, 6) is -0.286. The van der Waals surface area contributed by atoms with E-state index < -0.39 is 0 Å². The SMILES string of the molecule is CC(Nc1ccc(Br)c(Cl)c1Cl)c1ccc(F)c(Br)c1. The van der Waals surface area contributed by atoms with Crippen molar-refractivity contribution in [2.24, 2.45) is 0 Å². The molecular weight excluding hydrogens is 432 g/mol. The Morgan fingerprint density at radius 3 is 2.40 bits per heavy atom. The van der Waals surface area contributed by atoms with E-state index in [2.05, 4.69) is 37.2 Å². The molecule has 0 radical (unpaired) electrons. The maximum Gasteiger partial charge on any atom is 0.137 e. The molecular formula is C14H10Br2Cl2FN. The number of rotatable bonds is 3. The summed E-state index contributed by atoms with van der Waals surface area (Å²) in [6.07, 6.45) is 0. The second kappa shape index (κ2) is 6.65. The molecule has 0 aromatic heterocycles. The lowest BCUT2D eigenvalue weighted by Crippen LogP contribution is -2.07. The molecule has 1 nitrogen and oxygen atoms in total. The van der Waals surface area contributed by atoms with Crippen molar-refractivity contribution in [2.75, 3.05) is 5.32 Å². The van der Waals surface area contributed by atoms with Crippen LogP contribution in [0.3, 0.4) is 0 Å². The molecule has 1 N–H and O–H groups in total. The van der Waals surface area contributed by atoms with Gasteiger partial charge in [0.15, 0.2) is 0 Å². The third kappa shape index (κ3) is 3.48. The van der Waals surface area contributed by atoms with Gasteiger partial charge in [-0.1, -0.05) is 29.3 Å². The summed E-state index contributed by atoms with van der Waals surface area (Å²) in [6, 6.07) is 8.51. The van der Waals surface area contributed by atoms with Crippen molar-refractivity contribution >= 4 is 60.7 Å². The average Bonchev–Trinajstić information content (AvgIpc) is 2.42. The second-order valence-electron chi connectivity index (χ2n) is 4.26. The van der Waals surface area contributed by atoms with Crippen molar-refractivity contribution in [3.63, 3.8) is 0 Å². The number of hydrogen-bond acceptors (Lipinski definition) is 1. The molecule has 2 rings (SSSR count). The van der Waals surface area contributed by atoms with Crippen LogP contribution in [0, 0.1) is 5.82 Å². The van der Waals surface area contributed by atoms with E-state index in [9.17, 15) is 4.39 Å². The van der Waals surface area contributed by atoms with E-state index in [4.69, 9.17) is 23.2 Å². The van der Waals surface area contributed by atoms with Crippen LogP contribution in [0.5, 0.6) is 0 Å². The summed E-state index contributed by atoms with van der Waals surface area (Å²) < 4.78 is 14.4. The van der Waals surface area contributed by atoms with E-state index >= 15 is 0 Å². The van der Waals surface area contributed by atoms with Gasteiger partial charge < -0.3 is 5.32 Å². The molecule has 0 aliphatic carbocycles. The molecule has 6 heteroatoms. The van der Waals surface area contributed by atoms with Crippen LogP contribution in [-0.2, 0) is 0 Å². The van der Waals surface area contributed by atoms with E-state index in [1.54, 1.807) is 12.1 Å². The standard InChI is InChI=1S/C14H10Br2Cl2FN/c1-7(8-2-4-11(19)10(16)6-8)20-12-5-3-9(15)13(17)14(12)18/h2-7,20H,1H3. The van der Waals surface area contributed by atoms with Crippen LogP contribution >= 0.6 is 55.1 Å². The molecule has 0 bridgehead atoms. The Morgan fingerprint density at radius 1 is 1.05 bits per heavy atom. The van der Waals surface area contributed by atoms with Crippen LogP contribution in [0.25, 0.3) is 0 Å². The predicted molar refractivity (Wildman–Crippen MR) is 90.3 cm³/mol. The summed E-state index contributed by atoms with van der Waals surface area (Å²) in [5.41, 5.74) is 1.67. The summed E-state index contributed by atoms with van der Waals surface area (Å²) in [4.78, 5) is 0. The first-order valence-electron chi connectivity index (χ1n) is 5.75. The number of nitrogens with one attached hydrogen (secondary N) is 1. The summed E-state index contributed by atoms with van der Waals surface area (Å²) in [7, 11) is 0. The number of halogens is 5. The number of anilines is 1. The molecule has 0 saturated heterocycles. The Balaban J connectivity index is 2.25. The molecule has 0 fully saturated rings. The van der Waals surface area contributed by atoms with Gasteiger partial charge in [0.2, 0.25) is 0 Å². The molecule has 20 heavy (non-hydrogen) atoms. The van der Waals surface area contributed by atoms with Crippen LogP contribution in [0.2, 0.25) is 10.0 Å². The predicted octanol–water partition coefficient (Wildman–Crippen LogP) is 6.83. The van der Waals surface area contributed by atoms with E-state index in [0.29, 0.717) is 14.5 Å². The molecule has 0 aliphatic rings. The first-order valence-corrected chi connectivity index (χ1v) is 8.09. The zero-order valence-electron chi connectivity index (χ0n) is 10.4. The quantitative estimate of drug-likeness (QED) is 0.514. The molecule has 1 atom stereocenters. The topological polar surface area (TPSA) is 12.0 Å². The van der Waals surface area contributed by atoms with Crippen molar-refractivity contribution in [1.82, 2.24) is 0 Å². The first kappa shape index (κ1) is 16.1. The van der Waals surface area contributed by atoms with Crippen LogP contribution in [-0.4, -0.2) is 0 Å². The monoisotopic (exact) mass is 439 g/mol. The minimum Gasteiger partial charge on any atom is -0.377 e. The molecule has 2 aromatic carbocycles. The van der Waals surface area contributed by atoms with Crippen molar-refractivity contribution in [3.8, 4) is 0 Å². The van der Waals surface area contributed by atoms with Gasteiger partial charge in [-0.05, 0) is 68.6 Å². The smallest absolute Gasteiger partial charge is 0.137 e. The average molecular weight is 442 g/mol. The van der Waals surface area contributed by atoms with Crippen molar-refractivity contribution in [2.45, 2.75) is 13.0 Å². The van der Waals surface area contributed by atoms with E-state index in [0.717, 1.165) is 15.7 Å². The minimum atomic E-state index is -0.286. The third-order valence-corrected chi connectivity index (χ3v) is 5.23. The Bertz CT molecular complexity index is 649. The van der Waals surface area contributed by atoms with Crippen molar-refractivity contribution < 1.29 is 4.39 Å². The van der Waals surface area contributed by atoms with Crippen molar-refractivity contribution in [3.05, 3.63) is 60.7 Å². The highest BCUT2D eigenvalue weighted by Gasteiger charge is 2.12. The minimum absolute atomic E-state index is 0.0401. The van der Waals surface area contributed by atoms with Crippen LogP contribution in [0.4, 0.5) is 10.1 Å². The molecule has 0 aliphatic heterocycles. The van der Waals surface area contributed by atoms with Gasteiger partial charge in [-0.3, -0.25) is 0 Å². The lowest BCUT2D eigenvalue weighted by Gasteiger charge is -2.18. The molecule has 0 saturated carbocycles. The Labute approximate surface area is 143 Å². The number of benzene rings is 2. The maximum atomic E-state index is 13.2. The van der Waals surface area contributed by atoms with Crippen LogP contribution < -0.4 is 5.32 Å². The maximum absolute atomic E-state index is 13.2. The second-order valence-corrected chi connectivity index (χ2v) is 6.73. The van der Waals surface area contributed by atoms with Gasteiger partial charge in [-0.25, -0.2) is 4.39 Å². The highest BCUT2D eigenvalue weighted by atomic mass is 79.9. The number of hydrogen-bond donors (Lipinski definition) is 1. The fraction of sp³-hybridized carbons (Fsp3) is 0.143. The molecule has 2 aromatic rings. The molecule has 106 valence electrons. The summed E-state index contributed by atoms with van der Waals surface area (Å²) in [6.45, 7) is 1.96. The van der Waals surface area contributed by atoms with Crippen molar-refractivity contribution in [1.29, 1.82) is 0 Å². The van der Waals surface area contributed by atoms with Gasteiger partial charge in [0, 0.05) is 10.5 Å². The largest absolute Gasteiger partial charge is 0.377 e. The Hall–Kier alpha value is -0.290. The van der Waals surface area contributed by atoms with Gasteiger partial charge >= 0.3 is 0 Å². The van der Waals surface area contributed by atoms with Crippen LogP contribution in [0.15, 0.2) is 39.3 Å². The zero-order chi connectivity index (χ0) is 14.9. The fourth-order valence-electron chi connectivity index (χ4n) is 1.74. The van der Waals surface area contributed by atoms with Gasteiger partial charge in [-0.15, -0.1) is 0 Å².